The van der Waals surface area contributed by atoms with Gasteiger partial charge in [0.1, 0.15) is 11.2 Å². The fourth-order valence-corrected chi connectivity index (χ4v) is 9.06. The lowest BCUT2D eigenvalue weighted by atomic mass is 9.41. The molecule has 0 radical (unpaired) electrons. The van der Waals surface area contributed by atoms with Gasteiger partial charge in [-0.3, -0.25) is 9.59 Å². The van der Waals surface area contributed by atoms with Gasteiger partial charge in [0.25, 0.3) is 0 Å². The molecule has 3 fully saturated rings. The van der Waals surface area contributed by atoms with Gasteiger partial charge in [0.15, 0.2) is 11.6 Å². The number of hydrogen-bond donors (Lipinski definition) is 2. The minimum Gasteiger partial charge on any atom is -0.382 e. The summed E-state index contributed by atoms with van der Waals surface area (Å²) in [6.45, 7) is 17.0. The van der Waals surface area contributed by atoms with E-state index in [9.17, 15) is 19.8 Å². The number of fused-ring (bicyclic) bond motifs is 1. The zero-order valence-electron chi connectivity index (χ0n) is 22.4. The van der Waals surface area contributed by atoms with Crippen molar-refractivity contribution in [2.45, 2.75) is 105 Å². The summed E-state index contributed by atoms with van der Waals surface area (Å²) in [7, 11) is 0. The molecule has 5 unspecified atom stereocenters. The third-order valence-electron chi connectivity index (χ3n) is 12.3. The summed E-state index contributed by atoms with van der Waals surface area (Å²) in [6, 6.07) is 0. The summed E-state index contributed by atoms with van der Waals surface area (Å²) in [5, 5.41) is 23.2. The van der Waals surface area contributed by atoms with Gasteiger partial charge in [-0.25, -0.2) is 0 Å². The van der Waals surface area contributed by atoms with Crippen LogP contribution in [0.2, 0.25) is 0 Å². The zero-order chi connectivity index (χ0) is 25.3. The number of rotatable bonds is 2. The first-order valence-electron chi connectivity index (χ1n) is 13.4. The standard InChI is InChI=1S/C30H44O4/c1-25(2)11-9-13-27(25,5)17-15-19-23-21(22(17)24(32)29(19,7)33)18(16-20(31)30(23,8)34)28(6)14-10-12-26(28,3)4/h15-16,19,21-23,33-34H,9-14H2,1-8H3/t19?,21?,22?,23?,27-,28-,29?,30+/m1/s1. The van der Waals surface area contributed by atoms with Crippen LogP contribution in [0.15, 0.2) is 23.3 Å². The number of hydrogen-bond acceptors (Lipinski definition) is 4. The Morgan fingerprint density at radius 3 is 1.71 bits per heavy atom. The molecule has 2 bridgehead atoms. The predicted octanol–water partition coefficient (Wildman–Crippen LogP) is 5.42. The average Bonchev–Trinajstić information content (AvgIpc) is 3.16. The molecule has 4 heteroatoms. The molecule has 34 heavy (non-hydrogen) atoms. The fraction of sp³-hybridized carbons (Fsp3) is 0.800. The molecule has 6 aliphatic rings. The molecule has 4 nitrogen and oxygen atoms in total. The molecule has 0 saturated heterocycles. The topological polar surface area (TPSA) is 74.6 Å². The second kappa shape index (κ2) is 6.73. The number of allylic oxidation sites excluding steroid dienone is 2. The van der Waals surface area contributed by atoms with Crippen LogP contribution in [0.4, 0.5) is 0 Å². The molecule has 0 aliphatic heterocycles. The highest BCUT2D eigenvalue weighted by molar-refractivity contribution is 6.02. The largest absolute Gasteiger partial charge is 0.382 e. The highest BCUT2D eigenvalue weighted by Gasteiger charge is 2.70. The van der Waals surface area contributed by atoms with E-state index in [1.807, 2.05) is 0 Å². The second-order valence-electron chi connectivity index (χ2n) is 14.4. The molecular formula is C30H44O4. The van der Waals surface area contributed by atoms with Crippen molar-refractivity contribution in [2.24, 2.45) is 45.3 Å². The lowest BCUT2D eigenvalue weighted by Gasteiger charge is -2.63. The van der Waals surface area contributed by atoms with Crippen LogP contribution in [0.3, 0.4) is 0 Å². The van der Waals surface area contributed by atoms with E-state index in [0.29, 0.717) is 0 Å². The van der Waals surface area contributed by atoms with Crippen LogP contribution in [0.1, 0.15) is 93.9 Å². The first-order chi connectivity index (χ1) is 15.4. The SMILES string of the molecule is CC1(O)C(=O)C2C([C@@]3(C)CCCC3(C)C)=CC1C1C2C([C@@]2(C)CCCC2(C)C)=CC(=O)[C@]1(C)O. The molecule has 6 rings (SSSR count). The quantitative estimate of drug-likeness (QED) is 0.531. The second-order valence-corrected chi connectivity index (χ2v) is 14.4. The molecule has 8 atom stereocenters. The van der Waals surface area contributed by atoms with Crippen molar-refractivity contribution in [3.05, 3.63) is 23.3 Å². The summed E-state index contributed by atoms with van der Waals surface area (Å²) in [5.41, 5.74) is -1.28. The molecule has 3 saturated carbocycles. The van der Waals surface area contributed by atoms with Crippen LogP contribution >= 0.6 is 0 Å². The number of ketones is 2. The van der Waals surface area contributed by atoms with Gasteiger partial charge in [-0.15, -0.1) is 0 Å². The lowest BCUT2D eigenvalue weighted by Crippen LogP contribution is -2.69. The molecular weight excluding hydrogens is 424 g/mol. The summed E-state index contributed by atoms with van der Waals surface area (Å²) >= 11 is 0. The van der Waals surface area contributed by atoms with E-state index in [4.69, 9.17) is 0 Å². The van der Waals surface area contributed by atoms with Crippen molar-refractivity contribution in [3.63, 3.8) is 0 Å². The average molecular weight is 469 g/mol. The van der Waals surface area contributed by atoms with Crippen molar-refractivity contribution in [3.8, 4) is 0 Å². The maximum atomic E-state index is 14.1. The Kier molecular flexibility index (Phi) is 4.84. The molecule has 2 N–H and O–H groups in total. The molecule has 0 aromatic heterocycles. The Hall–Kier alpha value is -1.26. The fourth-order valence-electron chi connectivity index (χ4n) is 9.06. The van der Waals surface area contributed by atoms with Crippen molar-refractivity contribution < 1.29 is 19.8 Å². The normalized spacial score (nSPS) is 51.4. The maximum Gasteiger partial charge on any atom is 0.187 e. The molecule has 0 amide bonds. The van der Waals surface area contributed by atoms with Crippen LogP contribution < -0.4 is 0 Å². The van der Waals surface area contributed by atoms with Crippen molar-refractivity contribution >= 4 is 11.6 Å². The molecule has 188 valence electrons. The summed E-state index contributed by atoms with van der Waals surface area (Å²) < 4.78 is 0. The van der Waals surface area contributed by atoms with Gasteiger partial charge in [-0.2, -0.15) is 0 Å². The monoisotopic (exact) mass is 468 g/mol. The van der Waals surface area contributed by atoms with Gasteiger partial charge in [-0.05, 0) is 67.3 Å². The van der Waals surface area contributed by atoms with Crippen molar-refractivity contribution in [1.82, 2.24) is 0 Å². The zero-order valence-corrected chi connectivity index (χ0v) is 22.4. The van der Waals surface area contributed by atoms with E-state index in [-0.39, 0.29) is 39.1 Å². The van der Waals surface area contributed by atoms with Gasteiger partial charge < -0.3 is 10.2 Å². The van der Waals surface area contributed by atoms with Gasteiger partial charge >= 0.3 is 0 Å². The van der Waals surface area contributed by atoms with Crippen molar-refractivity contribution in [1.29, 1.82) is 0 Å². The highest BCUT2D eigenvalue weighted by Crippen LogP contribution is 2.70. The van der Waals surface area contributed by atoms with E-state index in [1.54, 1.807) is 19.9 Å². The Labute approximate surface area is 205 Å². The van der Waals surface area contributed by atoms with E-state index < -0.39 is 29.0 Å². The molecule has 0 aromatic rings. The van der Waals surface area contributed by atoms with Gasteiger partial charge in [0.2, 0.25) is 0 Å². The van der Waals surface area contributed by atoms with Crippen LogP contribution in [0.25, 0.3) is 0 Å². The Morgan fingerprint density at radius 2 is 1.24 bits per heavy atom. The van der Waals surface area contributed by atoms with Gasteiger partial charge in [0, 0.05) is 23.7 Å². The third kappa shape index (κ3) is 2.68. The van der Waals surface area contributed by atoms with Crippen LogP contribution in [0, 0.1) is 45.3 Å². The van der Waals surface area contributed by atoms with Gasteiger partial charge in [-0.1, -0.05) is 71.6 Å². The van der Waals surface area contributed by atoms with E-state index in [0.717, 1.165) is 49.7 Å². The molecule has 0 spiro atoms. The third-order valence-corrected chi connectivity index (χ3v) is 12.3. The molecule has 0 aromatic carbocycles. The maximum absolute atomic E-state index is 14.1. The number of carbonyl (C=O) groups excluding carboxylic acids is 2. The number of Topliss-reactive ketones (excluding diaryl/α,β-unsaturated/α-hetero) is 1. The first kappa shape index (κ1) is 24.4. The van der Waals surface area contributed by atoms with Crippen LogP contribution in [-0.4, -0.2) is 33.0 Å². The van der Waals surface area contributed by atoms with Gasteiger partial charge in [0.05, 0.1) is 0 Å². The van der Waals surface area contributed by atoms with E-state index in [2.05, 4.69) is 47.6 Å². The van der Waals surface area contributed by atoms with Crippen LogP contribution in [0.5, 0.6) is 0 Å². The van der Waals surface area contributed by atoms with Crippen molar-refractivity contribution in [2.75, 3.05) is 0 Å². The minimum absolute atomic E-state index is 0.00444. The highest BCUT2D eigenvalue weighted by atomic mass is 16.3. The van der Waals surface area contributed by atoms with E-state index in [1.165, 1.54) is 0 Å². The number of aliphatic hydroxyl groups is 2. The Morgan fingerprint density at radius 1 is 0.735 bits per heavy atom. The summed E-state index contributed by atoms with van der Waals surface area (Å²) in [4.78, 5) is 27.6. The van der Waals surface area contributed by atoms with Crippen LogP contribution in [-0.2, 0) is 9.59 Å². The first-order valence-corrected chi connectivity index (χ1v) is 13.4. The lowest BCUT2D eigenvalue weighted by molar-refractivity contribution is -0.181. The van der Waals surface area contributed by atoms with E-state index >= 15 is 0 Å². The number of carbonyl (C=O) groups is 2. The minimum atomic E-state index is -1.60. The Bertz CT molecular complexity index is 1020. The molecule has 6 aliphatic carbocycles. The summed E-state index contributed by atoms with van der Waals surface area (Å²) in [6.07, 6.45) is 10.3. The predicted molar refractivity (Wildman–Crippen MR) is 133 cm³/mol. The smallest absolute Gasteiger partial charge is 0.187 e. The molecule has 0 heterocycles. The Balaban J connectivity index is 1.77. The summed E-state index contributed by atoms with van der Waals surface area (Å²) in [5.74, 6) is -2.20.